The lowest BCUT2D eigenvalue weighted by Crippen LogP contribution is -2.28. The maximum Gasteiger partial charge on any atom is 0.274 e. The molecular formula is C16H15N3O2S. The molecule has 3 aromatic rings. The first-order valence-corrected chi connectivity index (χ1v) is 7.77. The van der Waals surface area contributed by atoms with Crippen LogP contribution in [0.15, 0.2) is 46.6 Å². The number of nitrogens with one attached hydrogen (secondary N) is 1. The van der Waals surface area contributed by atoms with Gasteiger partial charge in [0.05, 0.1) is 24.0 Å². The fraction of sp³-hybridized carbons (Fsp3) is 0.188. The fourth-order valence-electron chi connectivity index (χ4n) is 2.32. The van der Waals surface area contributed by atoms with Crippen LogP contribution in [0.25, 0.3) is 10.8 Å². The molecule has 6 heteroatoms. The van der Waals surface area contributed by atoms with E-state index in [9.17, 15) is 9.59 Å². The molecule has 1 aromatic carbocycles. The molecule has 2 aromatic heterocycles. The van der Waals surface area contributed by atoms with Gasteiger partial charge >= 0.3 is 0 Å². The van der Waals surface area contributed by atoms with Gasteiger partial charge < -0.3 is 5.32 Å². The molecule has 112 valence electrons. The lowest BCUT2D eigenvalue weighted by molar-refractivity contribution is -0.120. The number of fused-ring (bicyclic) bond motifs is 1. The van der Waals surface area contributed by atoms with Crippen molar-refractivity contribution in [2.75, 3.05) is 0 Å². The minimum absolute atomic E-state index is 0.0535. The Morgan fingerprint density at radius 2 is 2.00 bits per heavy atom. The van der Waals surface area contributed by atoms with Crippen LogP contribution in [-0.4, -0.2) is 15.7 Å². The molecule has 0 bridgehead atoms. The lowest BCUT2D eigenvalue weighted by Gasteiger charge is -2.09. The predicted octanol–water partition coefficient (Wildman–Crippen LogP) is 1.85. The number of aromatic nitrogens is 2. The molecule has 5 nitrogen and oxygen atoms in total. The molecule has 0 saturated heterocycles. The van der Waals surface area contributed by atoms with Gasteiger partial charge in [0.25, 0.3) is 5.56 Å². The van der Waals surface area contributed by atoms with Crippen molar-refractivity contribution in [3.63, 3.8) is 0 Å². The van der Waals surface area contributed by atoms with Gasteiger partial charge in [-0.25, -0.2) is 4.68 Å². The number of thiophene rings is 1. The molecule has 22 heavy (non-hydrogen) atoms. The van der Waals surface area contributed by atoms with Gasteiger partial charge in [0.2, 0.25) is 5.91 Å². The van der Waals surface area contributed by atoms with Crippen LogP contribution in [0, 0.1) is 0 Å². The smallest absolute Gasteiger partial charge is 0.274 e. The molecule has 1 amide bonds. The first kappa shape index (κ1) is 14.5. The van der Waals surface area contributed by atoms with Crippen molar-refractivity contribution in [2.45, 2.75) is 13.0 Å². The molecular weight excluding hydrogens is 298 g/mol. The summed E-state index contributed by atoms with van der Waals surface area (Å²) >= 11 is 1.56. The molecule has 0 radical (unpaired) electrons. The number of amides is 1. The normalized spacial score (nSPS) is 10.8. The Morgan fingerprint density at radius 3 is 2.73 bits per heavy atom. The highest BCUT2D eigenvalue weighted by atomic mass is 32.1. The van der Waals surface area contributed by atoms with Crippen molar-refractivity contribution in [1.29, 1.82) is 0 Å². The van der Waals surface area contributed by atoms with Gasteiger partial charge in [-0.05, 0) is 17.5 Å². The van der Waals surface area contributed by atoms with Gasteiger partial charge in [-0.2, -0.15) is 5.10 Å². The van der Waals surface area contributed by atoms with Gasteiger partial charge in [-0.3, -0.25) is 9.59 Å². The van der Waals surface area contributed by atoms with Crippen molar-refractivity contribution in [3.05, 3.63) is 62.7 Å². The van der Waals surface area contributed by atoms with Crippen molar-refractivity contribution in [2.24, 2.45) is 7.05 Å². The molecule has 0 aliphatic rings. The van der Waals surface area contributed by atoms with E-state index in [1.54, 1.807) is 24.5 Å². The summed E-state index contributed by atoms with van der Waals surface area (Å²) in [7, 11) is 1.62. The van der Waals surface area contributed by atoms with Gasteiger partial charge in [-0.1, -0.05) is 24.3 Å². The maximum atomic E-state index is 12.0. The van der Waals surface area contributed by atoms with E-state index in [0.717, 1.165) is 10.3 Å². The highest BCUT2D eigenvalue weighted by molar-refractivity contribution is 7.10. The third kappa shape index (κ3) is 2.92. The highest BCUT2D eigenvalue weighted by Gasteiger charge is 2.10. The summed E-state index contributed by atoms with van der Waals surface area (Å²) in [6.45, 7) is 0.304. The number of carbonyl (C=O) groups is 1. The zero-order valence-electron chi connectivity index (χ0n) is 12.1. The fourth-order valence-corrected chi connectivity index (χ4v) is 3.03. The molecule has 1 N–H and O–H groups in total. The molecule has 0 spiro atoms. The van der Waals surface area contributed by atoms with Crippen LogP contribution in [0.1, 0.15) is 10.6 Å². The zero-order chi connectivity index (χ0) is 15.5. The van der Waals surface area contributed by atoms with Crippen molar-refractivity contribution in [3.8, 4) is 0 Å². The summed E-state index contributed by atoms with van der Waals surface area (Å²) in [5.74, 6) is -0.0535. The van der Waals surface area contributed by atoms with E-state index >= 15 is 0 Å². The lowest BCUT2D eigenvalue weighted by atomic mass is 10.1. The third-order valence-corrected chi connectivity index (χ3v) is 4.28. The van der Waals surface area contributed by atoms with E-state index in [4.69, 9.17) is 0 Å². The Hall–Kier alpha value is -2.47. The Kier molecular flexibility index (Phi) is 4.02. The highest BCUT2D eigenvalue weighted by Crippen LogP contribution is 2.13. The van der Waals surface area contributed by atoms with E-state index in [2.05, 4.69) is 10.4 Å². The number of hydrogen-bond acceptors (Lipinski definition) is 4. The molecule has 2 heterocycles. The second-order valence-corrected chi connectivity index (χ2v) is 5.99. The largest absolute Gasteiger partial charge is 0.350 e. The molecule has 0 unspecified atom stereocenters. The predicted molar refractivity (Wildman–Crippen MR) is 86.9 cm³/mol. The average Bonchev–Trinajstić information content (AvgIpc) is 3.02. The quantitative estimate of drug-likeness (QED) is 0.799. The number of nitrogens with zero attached hydrogens (tertiary/aromatic N) is 2. The third-order valence-electron chi connectivity index (χ3n) is 3.40. The van der Waals surface area contributed by atoms with Gasteiger partial charge in [0.1, 0.15) is 0 Å². The number of benzene rings is 1. The van der Waals surface area contributed by atoms with Gasteiger partial charge in [-0.15, -0.1) is 11.3 Å². The Balaban J connectivity index is 1.81. The number of aryl methyl sites for hydroxylation is 1. The summed E-state index contributed by atoms with van der Waals surface area (Å²) in [4.78, 5) is 25.0. The van der Waals surface area contributed by atoms with Crippen molar-refractivity contribution >= 4 is 28.0 Å². The monoisotopic (exact) mass is 313 g/mol. The minimum atomic E-state index is -0.135. The number of rotatable bonds is 4. The van der Waals surface area contributed by atoms with Crippen LogP contribution >= 0.6 is 11.3 Å². The zero-order valence-corrected chi connectivity index (χ0v) is 12.9. The van der Waals surface area contributed by atoms with Gasteiger partial charge in [0, 0.05) is 17.3 Å². The second-order valence-electron chi connectivity index (χ2n) is 4.95. The SMILES string of the molecule is Cn1nc(CNC(=O)Cc2cccs2)c2ccccc2c1=O. The first-order valence-electron chi connectivity index (χ1n) is 6.89. The molecule has 0 fully saturated rings. The number of hydrogen-bond donors (Lipinski definition) is 1. The van der Waals surface area contributed by atoms with Gasteiger partial charge in [0.15, 0.2) is 0 Å². The summed E-state index contributed by atoms with van der Waals surface area (Å²) in [5.41, 5.74) is 0.557. The molecule has 0 atom stereocenters. The summed E-state index contributed by atoms with van der Waals surface area (Å²) < 4.78 is 1.31. The number of carbonyl (C=O) groups excluding carboxylic acids is 1. The van der Waals surface area contributed by atoms with E-state index in [1.165, 1.54) is 4.68 Å². The minimum Gasteiger partial charge on any atom is -0.350 e. The molecule has 0 aliphatic carbocycles. The summed E-state index contributed by atoms with van der Waals surface area (Å²) in [6, 6.07) is 11.2. The molecule has 0 aliphatic heterocycles. The van der Waals surface area contributed by atoms with Crippen LogP contribution in [0.3, 0.4) is 0 Å². The summed E-state index contributed by atoms with van der Waals surface area (Å²) in [5, 5.41) is 10.5. The van der Waals surface area contributed by atoms with Crippen molar-refractivity contribution < 1.29 is 4.79 Å². The van der Waals surface area contributed by atoms with Crippen LogP contribution in [0.5, 0.6) is 0 Å². The topological polar surface area (TPSA) is 64.0 Å². The Morgan fingerprint density at radius 1 is 1.23 bits per heavy atom. The Labute approximate surface area is 131 Å². The van der Waals surface area contributed by atoms with Crippen LogP contribution in [0.4, 0.5) is 0 Å². The van der Waals surface area contributed by atoms with Crippen molar-refractivity contribution in [1.82, 2.24) is 15.1 Å². The molecule has 0 saturated carbocycles. The first-order chi connectivity index (χ1) is 10.6. The van der Waals surface area contributed by atoms with E-state index in [1.807, 2.05) is 35.7 Å². The van der Waals surface area contributed by atoms with E-state index < -0.39 is 0 Å². The van der Waals surface area contributed by atoms with E-state index in [-0.39, 0.29) is 11.5 Å². The summed E-state index contributed by atoms with van der Waals surface area (Å²) in [6.07, 6.45) is 0.362. The van der Waals surface area contributed by atoms with Crippen LogP contribution < -0.4 is 10.9 Å². The van der Waals surface area contributed by atoms with E-state index in [0.29, 0.717) is 24.0 Å². The standard InChI is InChI=1S/C16H15N3O2S/c1-19-16(21)13-7-3-2-6-12(13)14(18-19)10-17-15(20)9-11-5-4-8-22-11/h2-8H,9-10H2,1H3,(H,17,20). The average molecular weight is 313 g/mol. The van der Waals surface area contributed by atoms with Crippen LogP contribution in [0.2, 0.25) is 0 Å². The second kappa shape index (κ2) is 6.11. The Bertz CT molecular complexity index is 869. The maximum absolute atomic E-state index is 12.0. The molecule has 3 rings (SSSR count). The van der Waals surface area contributed by atoms with Crippen LogP contribution in [-0.2, 0) is 24.8 Å².